The zero-order valence-corrected chi connectivity index (χ0v) is 14.3. The maximum atomic E-state index is 12.2. The number of methoxy groups -OCH3 is 2. The van der Waals surface area contributed by atoms with E-state index >= 15 is 0 Å². The number of nitrogens with one attached hydrogen (secondary N) is 1. The number of H-pyrrole nitrogens is 1. The van der Waals surface area contributed by atoms with E-state index in [1.165, 1.54) is 7.11 Å². The summed E-state index contributed by atoms with van der Waals surface area (Å²) in [5.41, 5.74) is 3.20. The molecule has 1 aromatic carbocycles. The number of fused-ring (bicyclic) bond motifs is 1. The summed E-state index contributed by atoms with van der Waals surface area (Å²) in [6.45, 7) is 2.58. The van der Waals surface area contributed by atoms with E-state index in [2.05, 4.69) is 9.72 Å². The number of esters is 2. The minimum Gasteiger partial charge on any atom is -0.469 e. The number of hydrogen-bond donors (Lipinski definition) is 1. The molecule has 0 fully saturated rings. The molecule has 0 aliphatic rings. The number of aromatic amines is 1. The Bertz CT molecular complexity index is 720. The van der Waals surface area contributed by atoms with Gasteiger partial charge >= 0.3 is 11.9 Å². The summed E-state index contributed by atoms with van der Waals surface area (Å²) in [6.07, 6.45) is 1.51. The molecule has 1 N–H and O–H groups in total. The standard InChI is InChI=1S/C18H23NO5/c1-4-24-18(21)17-14(6-5-7-16(20)23-3)13-9-8-12(11-22-2)10-15(13)19-17/h8-10,19H,4-7,11H2,1-3H3. The summed E-state index contributed by atoms with van der Waals surface area (Å²) >= 11 is 0. The molecule has 6 heteroatoms. The van der Waals surface area contributed by atoms with Crippen LogP contribution in [0, 0.1) is 0 Å². The third kappa shape index (κ3) is 4.14. The van der Waals surface area contributed by atoms with Crippen molar-refractivity contribution in [1.29, 1.82) is 0 Å². The fourth-order valence-corrected chi connectivity index (χ4v) is 2.71. The van der Waals surface area contributed by atoms with E-state index in [-0.39, 0.29) is 11.9 Å². The molecule has 0 saturated carbocycles. The van der Waals surface area contributed by atoms with Gasteiger partial charge in [-0.05, 0) is 37.0 Å². The molecule has 0 spiro atoms. The lowest BCUT2D eigenvalue weighted by Gasteiger charge is -2.05. The van der Waals surface area contributed by atoms with Crippen LogP contribution in [-0.4, -0.2) is 37.7 Å². The molecule has 0 amide bonds. The number of rotatable bonds is 8. The molecular formula is C18H23NO5. The molecule has 2 aromatic rings. The van der Waals surface area contributed by atoms with Gasteiger partial charge in [0.05, 0.1) is 20.3 Å². The number of aryl methyl sites for hydroxylation is 1. The van der Waals surface area contributed by atoms with Crippen LogP contribution in [0.5, 0.6) is 0 Å². The summed E-state index contributed by atoms with van der Waals surface area (Å²) in [4.78, 5) is 26.7. The van der Waals surface area contributed by atoms with E-state index in [9.17, 15) is 9.59 Å². The lowest BCUT2D eigenvalue weighted by molar-refractivity contribution is -0.140. The molecule has 1 heterocycles. The normalized spacial score (nSPS) is 10.8. The molecule has 0 atom stereocenters. The summed E-state index contributed by atoms with van der Waals surface area (Å²) in [5, 5.41) is 0.961. The summed E-state index contributed by atoms with van der Waals surface area (Å²) < 4.78 is 14.9. The summed E-state index contributed by atoms with van der Waals surface area (Å²) in [5.74, 6) is -0.634. The SMILES string of the molecule is CCOC(=O)c1[nH]c2cc(COC)ccc2c1CCCC(=O)OC. The first kappa shape index (κ1) is 18.0. The van der Waals surface area contributed by atoms with Gasteiger partial charge in [0.15, 0.2) is 0 Å². The van der Waals surface area contributed by atoms with Crippen molar-refractivity contribution in [3.8, 4) is 0 Å². The van der Waals surface area contributed by atoms with Crippen LogP contribution in [0.2, 0.25) is 0 Å². The van der Waals surface area contributed by atoms with Crippen molar-refractivity contribution >= 4 is 22.8 Å². The molecule has 0 bridgehead atoms. The molecule has 0 radical (unpaired) electrons. The first-order valence-corrected chi connectivity index (χ1v) is 7.97. The third-order valence-electron chi connectivity index (χ3n) is 3.80. The van der Waals surface area contributed by atoms with E-state index in [0.29, 0.717) is 38.2 Å². The third-order valence-corrected chi connectivity index (χ3v) is 3.80. The van der Waals surface area contributed by atoms with Crippen molar-refractivity contribution in [3.05, 3.63) is 35.0 Å². The molecular weight excluding hydrogens is 310 g/mol. The van der Waals surface area contributed by atoms with Gasteiger partial charge in [-0.2, -0.15) is 0 Å². The molecule has 130 valence electrons. The van der Waals surface area contributed by atoms with Crippen LogP contribution in [0.4, 0.5) is 0 Å². The van der Waals surface area contributed by atoms with E-state index in [0.717, 1.165) is 22.0 Å². The largest absolute Gasteiger partial charge is 0.469 e. The van der Waals surface area contributed by atoms with Gasteiger partial charge < -0.3 is 19.2 Å². The average Bonchev–Trinajstić information content (AvgIpc) is 2.93. The van der Waals surface area contributed by atoms with Crippen LogP contribution >= 0.6 is 0 Å². The quantitative estimate of drug-likeness (QED) is 0.752. The average molecular weight is 333 g/mol. The van der Waals surface area contributed by atoms with Gasteiger partial charge in [0.2, 0.25) is 0 Å². The first-order valence-electron chi connectivity index (χ1n) is 7.97. The molecule has 0 saturated heterocycles. The van der Waals surface area contributed by atoms with Gasteiger partial charge in [0, 0.05) is 24.4 Å². The molecule has 0 aliphatic heterocycles. The van der Waals surface area contributed by atoms with E-state index < -0.39 is 0 Å². The maximum absolute atomic E-state index is 12.2. The highest BCUT2D eigenvalue weighted by Gasteiger charge is 2.19. The van der Waals surface area contributed by atoms with Crippen LogP contribution in [0.1, 0.15) is 41.4 Å². The fourth-order valence-electron chi connectivity index (χ4n) is 2.71. The second-order valence-electron chi connectivity index (χ2n) is 5.44. The zero-order valence-electron chi connectivity index (χ0n) is 14.3. The Morgan fingerprint density at radius 1 is 1.21 bits per heavy atom. The van der Waals surface area contributed by atoms with Crippen molar-refractivity contribution in [2.24, 2.45) is 0 Å². The van der Waals surface area contributed by atoms with Crippen LogP contribution in [0.3, 0.4) is 0 Å². The van der Waals surface area contributed by atoms with Gasteiger partial charge in [0.25, 0.3) is 0 Å². The highest BCUT2D eigenvalue weighted by molar-refractivity contribution is 5.98. The Morgan fingerprint density at radius 2 is 2.00 bits per heavy atom. The number of carbonyl (C=O) groups is 2. The lowest BCUT2D eigenvalue weighted by atomic mass is 10.0. The Kier molecular flexibility index (Phi) is 6.37. The van der Waals surface area contributed by atoms with E-state index in [1.54, 1.807) is 14.0 Å². The van der Waals surface area contributed by atoms with Gasteiger partial charge in [-0.25, -0.2) is 4.79 Å². The van der Waals surface area contributed by atoms with E-state index in [4.69, 9.17) is 9.47 Å². The minimum absolute atomic E-state index is 0.255. The zero-order chi connectivity index (χ0) is 17.5. The summed E-state index contributed by atoms with van der Waals surface area (Å²) in [6, 6.07) is 5.90. The Hall–Kier alpha value is -2.34. The smallest absolute Gasteiger partial charge is 0.355 e. The van der Waals surface area contributed by atoms with Crippen LogP contribution in [0.15, 0.2) is 18.2 Å². The Labute approximate surface area is 141 Å². The number of ether oxygens (including phenoxy) is 3. The van der Waals surface area contributed by atoms with E-state index in [1.807, 2.05) is 18.2 Å². The van der Waals surface area contributed by atoms with Crippen molar-refractivity contribution in [2.45, 2.75) is 32.8 Å². The van der Waals surface area contributed by atoms with Gasteiger partial charge in [0.1, 0.15) is 5.69 Å². The highest BCUT2D eigenvalue weighted by atomic mass is 16.5. The van der Waals surface area contributed by atoms with Crippen molar-refractivity contribution < 1.29 is 23.8 Å². The maximum Gasteiger partial charge on any atom is 0.355 e. The van der Waals surface area contributed by atoms with Crippen molar-refractivity contribution in [1.82, 2.24) is 4.98 Å². The van der Waals surface area contributed by atoms with Crippen LogP contribution < -0.4 is 0 Å². The van der Waals surface area contributed by atoms with Gasteiger partial charge in [-0.15, -0.1) is 0 Å². The highest BCUT2D eigenvalue weighted by Crippen LogP contribution is 2.26. The molecule has 0 aliphatic carbocycles. The number of benzene rings is 1. The predicted molar refractivity (Wildman–Crippen MR) is 89.9 cm³/mol. The van der Waals surface area contributed by atoms with Crippen LogP contribution in [0.25, 0.3) is 10.9 Å². The van der Waals surface area contributed by atoms with Crippen molar-refractivity contribution in [3.63, 3.8) is 0 Å². The lowest BCUT2D eigenvalue weighted by Crippen LogP contribution is -2.08. The number of aromatic nitrogens is 1. The molecule has 24 heavy (non-hydrogen) atoms. The van der Waals surface area contributed by atoms with Crippen LogP contribution in [-0.2, 0) is 32.0 Å². The van der Waals surface area contributed by atoms with Gasteiger partial charge in [-0.3, -0.25) is 4.79 Å². The van der Waals surface area contributed by atoms with Gasteiger partial charge in [-0.1, -0.05) is 12.1 Å². The van der Waals surface area contributed by atoms with Crippen molar-refractivity contribution in [2.75, 3.05) is 20.8 Å². The molecule has 0 unspecified atom stereocenters. The Balaban J connectivity index is 2.34. The Morgan fingerprint density at radius 3 is 2.67 bits per heavy atom. The summed E-state index contributed by atoms with van der Waals surface area (Å²) in [7, 11) is 3.01. The first-order chi connectivity index (χ1) is 11.6. The second-order valence-corrected chi connectivity index (χ2v) is 5.44. The molecule has 1 aromatic heterocycles. The number of carbonyl (C=O) groups excluding carboxylic acids is 2. The number of hydrogen-bond acceptors (Lipinski definition) is 5. The topological polar surface area (TPSA) is 77.6 Å². The predicted octanol–water partition coefficient (Wildman–Crippen LogP) is 2.99. The minimum atomic E-state index is -0.380. The molecule has 2 rings (SSSR count). The monoisotopic (exact) mass is 333 g/mol. The fraction of sp³-hybridized carbons (Fsp3) is 0.444. The molecule has 6 nitrogen and oxygen atoms in total. The second kappa shape index (κ2) is 8.49.